The number of hydrogen-bond donors (Lipinski definition) is 2. The van der Waals surface area contributed by atoms with Gasteiger partial charge >= 0.3 is 47.8 Å². The second kappa shape index (κ2) is 23.7. The Bertz CT molecular complexity index is 2740. The molecule has 0 fully saturated rings. The number of esters is 8. The molecule has 2 aliphatic rings. The summed E-state index contributed by atoms with van der Waals surface area (Å²) in [5.74, 6) is -4.68. The van der Waals surface area contributed by atoms with Crippen molar-refractivity contribution in [3.63, 3.8) is 0 Å². The van der Waals surface area contributed by atoms with Gasteiger partial charge in [-0.1, -0.05) is 0 Å². The largest absolute Gasteiger partial charge is 0.469 e. The van der Waals surface area contributed by atoms with Crippen molar-refractivity contribution in [3.8, 4) is 0 Å². The van der Waals surface area contributed by atoms with Crippen LogP contribution in [0.2, 0.25) is 0 Å². The summed E-state index contributed by atoms with van der Waals surface area (Å²) in [7, 11) is 9.91. The van der Waals surface area contributed by atoms with Gasteiger partial charge in [0.2, 0.25) is 0 Å². The quantitative estimate of drug-likeness (QED) is 0.114. The molecule has 0 radical (unpaired) electrons. The molecule has 2 aliphatic heterocycles. The van der Waals surface area contributed by atoms with Gasteiger partial charge in [0, 0.05) is 47.8 Å². The molecule has 0 saturated carbocycles. The summed E-state index contributed by atoms with van der Waals surface area (Å²) in [6.07, 6.45) is -1.52. The van der Waals surface area contributed by atoms with Crippen LogP contribution in [0.1, 0.15) is 96.4 Å². The molecule has 2 N–H and O–H groups in total. The van der Waals surface area contributed by atoms with Crippen LogP contribution in [0.15, 0.2) is 24.3 Å². The Kier molecular flexibility index (Phi) is 17.9. The van der Waals surface area contributed by atoms with Crippen LogP contribution >= 0.6 is 0 Å². The van der Waals surface area contributed by atoms with E-state index in [9.17, 15) is 38.4 Å². The van der Waals surface area contributed by atoms with E-state index in [1.54, 1.807) is 24.3 Å². The number of carbonyl (C=O) groups is 8. The molecule has 0 aliphatic carbocycles. The van der Waals surface area contributed by atoms with E-state index in [1.165, 1.54) is 56.9 Å². The Labute approximate surface area is 390 Å². The van der Waals surface area contributed by atoms with E-state index < -0.39 is 47.8 Å². The molecule has 0 aromatic carbocycles. The molecule has 0 amide bonds. The Balaban J connectivity index is 2.11. The summed E-state index contributed by atoms with van der Waals surface area (Å²) in [6.45, 7) is 0. The first-order valence-electron chi connectivity index (χ1n) is 21.4. The average Bonchev–Trinajstić information content (AvgIpc) is 4.04. The number of aromatic nitrogens is 4. The molecule has 68 heavy (non-hydrogen) atoms. The maximum Gasteiger partial charge on any atom is 0.310 e. The number of nitrogens with zero attached hydrogens (tertiary/aromatic N) is 2. The molecule has 8 bridgehead atoms. The summed E-state index contributed by atoms with van der Waals surface area (Å²) in [5.41, 5.74) is 5.90. The fraction of sp³-hybridized carbons (Fsp3) is 0.417. The molecule has 0 atom stereocenters. The fourth-order valence-corrected chi connectivity index (χ4v) is 8.02. The first kappa shape index (κ1) is 51.3. The van der Waals surface area contributed by atoms with Crippen LogP contribution in [0.5, 0.6) is 0 Å². The van der Waals surface area contributed by atoms with E-state index in [1.807, 2.05) is 0 Å². The standard InChI is InChI=1S/C48H54N4O16/c1-61-41(53)13-9-25-29(17-45(57)65-5)37-22-35-27(11-15-43(55)63-3)30(18-46(58)66-6)38(51-35)23-36-28(12-16-44(56)64-4)32(20-48(60)68-8)40(52-36)24-39-31(19-47(59)67-7)26(10-14-42(54)62-2)34(50-39)21-33(25)49-37/h21-24,49,51H,9-20H2,1-8H3. The SMILES string of the molecule is COC(=O)CCC1=C(CC(=O)OC)c2cc3nc(cc4[nH]c(cc5[nH]c(cc1n2)c(CCC(=O)OC)c5CC(=O)OC)c(CCC(=O)OC)c4CC(=O)OC)C(CCC(=O)OC)=C3CC(=O)OC. The molecule has 0 unspecified atom stereocenters. The van der Waals surface area contributed by atoms with E-state index in [-0.39, 0.29) is 99.8 Å². The minimum absolute atomic E-state index is 0.0238. The third-order valence-corrected chi connectivity index (χ3v) is 11.6. The molecule has 20 nitrogen and oxygen atoms in total. The van der Waals surface area contributed by atoms with E-state index >= 15 is 0 Å². The van der Waals surface area contributed by atoms with Crippen LogP contribution < -0.4 is 0 Å². The van der Waals surface area contributed by atoms with Crippen molar-refractivity contribution >= 4 is 92.1 Å². The zero-order valence-corrected chi connectivity index (χ0v) is 39.2. The van der Waals surface area contributed by atoms with Gasteiger partial charge in [-0.15, -0.1) is 0 Å². The van der Waals surface area contributed by atoms with Crippen LogP contribution in [0.3, 0.4) is 0 Å². The van der Waals surface area contributed by atoms with Gasteiger partial charge < -0.3 is 47.9 Å². The molecular weight excluding hydrogens is 889 g/mol. The Morgan fingerprint density at radius 1 is 0.338 bits per heavy atom. The summed E-state index contributed by atoms with van der Waals surface area (Å²) in [4.78, 5) is 120. The molecule has 5 rings (SSSR count). The molecule has 20 heteroatoms. The van der Waals surface area contributed by atoms with Crippen LogP contribution in [-0.4, -0.2) is 125 Å². The van der Waals surface area contributed by atoms with Crippen molar-refractivity contribution in [1.29, 1.82) is 0 Å². The minimum atomic E-state index is -0.639. The van der Waals surface area contributed by atoms with Crippen LogP contribution in [-0.2, 0) is 102 Å². The highest BCUT2D eigenvalue weighted by Crippen LogP contribution is 2.41. The minimum Gasteiger partial charge on any atom is -0.469 e. The number of nitrogens with one attached hydrogen (secondary N) is 2. The van der Waals surface area contributed by atoms with Crippen molar-refractivity contribution in [2.45, 2.75) is 77.0 Å². The Morgan fingerprint density at radius 2 is 0.618 bits per heavy atom. The highest BCUT2D eigenvalue weighted by atomic mass is 16.5. The zero-order valence-electron chi connectivity index (χ0n) is 39.2. The highest BCUT2D eigenvalue weighted by Gasteiger charge is 2.29. The lowest BCUT2D eigenvalue weighted by molar-refractivity contribution is -0.141. The van der Waals surface area contributed by atoms with Gasteiger partial charge in [0.15, 0.2) is 0 Å². The van der Waals surface area contributed by atoms with Gasteiger partial charge in [-0.05, 0) is 94.5 Å². The lowest BCUT2D eigenvalue weighted by Gasteiger charge is -2.09. The zero-order chi connectivity index (χ0) is 49.7. The van der Waals surface area contributed by atoms with E-state index in [4.69, 9.17) is 47.9 Å². The maximum atomic E-state index is 13.2. The highest BCUT2D eigenvalue weighted by molar-refractivity contribution is 6.03. The number of aromatic amines is 2. The smallest absolute Gasteiger partial charge is 0.310 e. The monoisotopic (exact) mass is 942 g/mol. The third-order valence-electron chi connectivity index (χ3n) is 11.6. The van der Waals surface area contributed by atoms with Crippen LogP contribution in [0.25, 0.3) is 44.4 Å². The second-order valence-corrected chi connectivity index (χ2v) is 15.4. The number of rotatable bonds is 20. The molecule has 362 valence electrons. The van der Waals surface area contributed by atoms with Gasteiger partial charge in [-0.25, -0.2) is 9.97 Å². The number of aryl methyl sites for hydroxylation is 2. The van der Waals surface area contributed by atoms with E-state index in [2.05, 4.69) is 9.97 Å². The normalized spacial score (nSPS) is 12.0. The van der Waals surface area contributed by atoms with Gasteiger partial charge in [0.1, 0.15) is 0 Å². The number of H-pyrrole nitrogens is 2. The molecule has 0 spiro atoms. The van der Waals surface area contributed by atoms with Crippen molar-refractivity contribution in [1.82, 2.24) is 19.9 Å². The second-order valence-electron chi connectivity index (χ2n) is 15.4. The summed E-state index contributed by atoms with van der Waals surface area (Å²) >= 11 is 0. The molecule has 0 saturated heterocycles. The van der Waals surface area contributed by atoms with Crippen LogP contribution in [0, 0.1) is 0 Å². The van der Waals surface area contributed by atoms with Crippen molar-refractivity contribution in [2.75, 3.05) is 56.9 Å². The lowest BCUT2D eigenvalue weighted by Crippen LogP contribution is -2.08. The van der Waals surface area contributed by atoms with Gasteiger partial charge in [0.25, 0.3) is 0 Å². The van der Waals surface area contributed by atoms with Crippen molar-refractivity contribution in [3.05, 3.63) is 69.3 Å². The van der Waals surface area contributed by atoms with Gasteiger partial charge in [-0.3, -0.25) is 38.4 Å². The molecule has 3 aromatic heterocycles. The number of ether oxygens (including phenoxy) is 8. The number of methoxy groups -OCH3 is 8. The Morgan fingerprint density at radius 3 is 0.971 bits per heavy atom. The first-order valence-corrected chi connectivity index (χ1v) is 21.4. The van der Waals surface area contributed by atoms with Crippen molar-refractivity contribution in [2.24, 2.45) is 0 Å². The fourth-order valence-electron chi connectivity index (χ4n) is 8.02. The molecule has 5 heterocycles. The predicted molar refractivity (Wildman–Crippen MR) is 243 cm³/mol. The Hall–Kier alpha value is -7.64. The van der Waals surface area contributed by atoms with Crippen LogP contribution in [0.4, 0.5) is 0 Å². The third kappa shape index (κ3) is 12.4. The van der Waals surface area contributed by atoms with Gasteiger partial charge in [-0.2, -0.15) is 0 Å². The van der Waals surface area contributed by atoms with E-state index in [0.717, 1.165) is 0 Å². The number of hydrogen-bond acceptors (Lipinski definition) is 18. The van der Waals surface area contributed by atoms with Gasteiger partial charge in [0.05, 0.1) is 105 Å². The van der Waals surface area contributed by atoms with Crippen molar-refractivity contribution < 1.29 is 76.3 Å². The summed E-state index contributed by atoms with van der Waals surface area (Å²) < 4.78 is 40.4. The molecule has 3 aromatic rings. The lowest BCUT2D eigenvalue weighted by atomic mass is 9.95. The average molecular weight is 943 g/mol. The first-order chi connectivity index (χ1) is 32.6. The molecular formula is C48H54N4O16. The number of fused-ring (bicyclic) bond motifs is 8. The van der Waals surface area contributed by atoms with E-state index in [0.29, 0.717) is 66.6 Å². The summed E-state index contributed by atoms with van der Waals surface area (Å²) in [5, 5.41) is 0. The maximum absolute atomic E-state index is 13.2. The summed E-state index contributed by atoms with van der Waals surface area (Å²) in [6, 6.07) is 6.57. The topological polar surface area (TPSA) is 268 Å². The number of carbonyl (C=O) groups excluding carboxylic acids is 8. The number of allylic oxidation sites excluding steroid dienone is 2. The predicted octanol–water partition coefficient (Wildman–Crippen LogP) is 4.81.